The van der Waals surface area contributed by atoms with Gasteiger partial charge in [-0.1, -0.05) is 39.2 Å². The molecule has 0 radical (unpaired) electrons. The van der Waals surface area contributed by atoms with Crippen molar-refractivity contribution in [2.75, 3.05) is 6.61 Å². The Bertz CT molecular complexity index is 607. The number of hydrogen-bond acceptors (Lipinski definition) is 2. The van der Waals surface area contributed by atoms with E-state index < -0.39 is 0 Å². The number of allylic oxidation sites excluding steroid dienone is 1. The second-order valence-corrected chi connectivity index (χ2v) is 10.9. The lowest BCUT2D eigenvalue weighted by molar-refractivity contribution is -0.117. The predicted molar refractivity (Wildman–Crippen MR) is 110 cm³/mol. The highest BCUT2D eigenvalue weighted by molar-refractivity contribution is 5.91. The second kappa shape index (κ2) is 7.32. The average Bonchev–Trinajstić information content (AvgIpc) is 3.00. The molecule has 152 valence electrons. The van der Waals surface area contributed by atoms with Crippen molar-refractivity contribution in [3.05, 3.63) is 11.6 Å². The van der Waals surface area contributed by atoms with Crippen LogP contribution in [0.2, 0.25) is 0 Å². The van der Waals surface area contributed by atoms with E-state index in [1.807, 2.05) is 6.08 Å². The number of hydrogen-bond donors (Lipinski definition) is 1. The van der Waals surface area contributed by atoms with Gasteiger partial charge in [0.1, 0.15) is 0 Å². The first kappa shape index (κ1) is 19.7. The molecular formula is C25H40O2. The molecule has 3 fully saturated rings. The molecule has 1 N–H and O–H groups in total. The van der Waals surface area contributed by atoms with Crippen molar-refractivity contribution in [3.8, 4) is 0 Å². The number of aliphatic hydroxyl groups is 1. The average molecular weight is 373 g/mol. The Morgan fingerprint density at radius 3 is 2.67 bits per heavy atom. The zero-order valence-corrected chi connectivity index (χ0v) is 17.8. The van der Waals surface area contributed by atoms with E-state index in [-0.39, 0.29) is 0 Å². The van der Waals surface area contributed by atoms with Crippen LogP contribution in [-0.4, -0.2) is 17.5 Å². The monoisotopic (exact) mass is 372 g/mol. The topological polar surface area (TPSA) is 37.3 Å². The van der Waals surface area contributed by atoms with Crippen LogP contribution in [0, 0.1) is 40.4 Å². The van der Waals surface area contributed by atoms with Gasteiger partial charge in [0, 0.05) is 13.0 Å². The maximum atomic E-state index is 12.0. The first-order chi connectivity index (χ1) is 12.9. The zero-order chi connectivity index (χ0) is 19.2. The van der Waals surface area contributed by atoms with Crippen molar-refractivity contribution in [3.63, 3.8) is 0 Å². The van der Waals surface area contributed by atoms with E-state index in [0.29, 0.717) is 23.2 Å². The molecule has 0 saturated heterocycles. The van der Waals surface area contributed by atoms with E-state index in [9.17, 15) is 4.79 Å². The van der Waals surface area contributed by atoms with Crippen LogP contribution in [0.15, 0.2) is 11.6 Å². The van der Waals surface area contributed by atoms with E-state index in [1.165, 1.54) is 56.9 Å². The number of carbonyl (C=O) groups excluding carboxylic acids is 1. The Kier molecular flexibility index (Phi) is 5.33. The van der Waals surface area contributed by atoms with Crippen LogP contribution in [0.3, 0.4) is 0 Å². The molecule has 4 rings (SSSR count). The molecule has 2 unspecified atom stereocenters. The van der Waals surface area contributed by atoms with Crippen LogP contribution in [0.1, 0.15) is 91.4 Å². The fourth-order valence-corrected chi connectivity index (χ4v) is 8.31. The molecule has 3 saturated carbocycles. The molecule has 2 heteroatoms. The fraction of sp³-hybridized carbons (Fsp3) is 0.880. The Morgan fingerprint density at radius 1 is 1.07 bits per heavy atom. The minimum Gasteiger partial charge on any atom is -0.396 e. The van der Waals surface area contributed by atoms with Crippen molar-refractivity contribution in [1.82, 2.24) is 0 Å². The lowest BCUT2D eigenvalue weighted by Crippen LogP contribution is -2.50. The van der Waals surface area contributed by atoms with Crippen molar-refractivity contribution in [2.45, 2.75) is 91.4 Å². The third-order valence-corrected chi connectivity index (χ3v) is 9.79. The van der Waals surface area contributed by atoms with Crippen LogP contribution in [0.5, 0.6) is 0 Å². The van der Waals surface area contributed by atoms with E-state index in [1.54, 1.807) is 0 Å². The normalized spacial score (nSPS) is 44.9. The molecule has 0 heterocycles. The Hall–Kier alpha value is -0.630. The maximum absolute atomic E-state index is 12.0. The number of ketones is 1. The quantitative estimate of drug-likeness (QED) is 0.607. The predicted octanol–water partition coefficient (Wildman–Crippen LogP) is 5.93. The summed E-state index contributed by atoms with van der Waals surface area (Å²) in [6.45, 7) is 7.95. The van der Waals surface area contributed by atoms with Gasteiger partial charge in [-0.15, -0.1) is 0 Å². The third-order valence-electron chi connectivity index (χ3n) is 9.79. The van der Waals surface area contributed by atoms with Crippen LogP contribution >= 0.6 is 0 Å². The standard InChI is InChI=1S/C25H40O2/c1-17(6-4-5-15-26)21-9-10-22-20-8-7-18-16-19(27)11-13-24(18,2)23(20)12-14-25(21,22)3/h16-17,20-23,26H,4-15H2,1-3H3/t17?,20-,21?,22-,23+,24-,25+/m0/s1. The molecular weight excluding hydrogens is 332 g/mol. The van der Waals surface area contributed by atoms with Crippen LogP contribution < -0.4 is 0 Å². The molecule has 2 nitrogen and oxygen atoms in total. The zero-order valence-electron chi connectivity index (χ0n) is 17.8. The van der Waals surface area contributed by atoms with Crippen LogP contribution in [0.25, 0.3) is 0 Å². The largest absolute Gasteiger partial charge is 0.396 e. The molecule has 4 aliphatic rings. The van der Waals surface area contributed by atoms with Gasteiger partial charge in [0.2, 0.25) is 0 Å². The lowest BCUT2D eigenvalue weighted by Gasteiger charge is -2.58. The Morgan fingerprint density at radius 2 is 1.89 bits per heavy atom. The summed E-state index contributed by atoms with van der Waals surface area (Å²) < 4.78 is 0. The maximum Gasteiger partial charge on any atom is 0.155 e. The minimum absolute atomic E-state index is 0.309. The van der Waals surface area contributed by atoms with E-state index >= 15 is 0 Å². The SMILES string of the molecule is CC(CCCCO)C1CC[C@H]2[C@@H]3CCC4=CC(=O)CC[C@]4(C)[C@@H]3CC[C@]12C. The summed E-state index contributed by atoms with van der Waals surface area (Å²) in [5.41, 5.74) is 2.33. The molecule has 0 aromatic carbocycles. The minimum atomic E-state index is 0.309. The van der Waals surface area contributed by atoms with Crippen LogP contribution in [-0.2, 0) is 4.79 Å². The van der Waals surface area contributed by atoms with Gasteiger partial charge in [0.05, 0.1) is 0 Å². The van der Waals surface area contributed by atoms with E-state index in [2.05, 4.69) is 20.8 Å². The van der Waals surface area contributed by atoms with Gasteiger partial charge in [0.25, 0.3) is 0 Å². The van der Waals surface area contributed by atoms with Crippen molar-refractivity contribution in [1.29, 1.82) is 0 Å². The van der Waals surface area contributed by atoms with Gasteiger partial charge in [-0.2, -0.15) is 0 Å². The van der Waals surface area contributed by atoms with Crippen LogP contribution in [0.4, 0.5) is 0 Å². The summed E-state index contributed by atoms with van der Waals surface area (Å²) in [7, 11) is 0. The van der Waals surface area contributed by atoms with Crippen molar-refractivity contribution < 1.29 is 9.90 Å². The molecule has 7 atom stereocenters. The molecule has 4 aliphatic carbocycles. The molecule has 0 spiro atoms. The molecule has 0 aromatic heterocycles. The number of fused-ring (bicyclic) bond motifs is 5. The lowest BCUT2D eigenvalue weighted by atomic mass is 9.46. The van der Waals surface area contributed by atoms with Crippen molar-refractivity contribution >= 4 is 5.78 Å². The van der Waals surface area contributed by atoms with E-state index in [4.69, 9.17) is 5.11 Å². The fourth-order valence-electron chi connectivity index (χ4n) is 8.31. The summed E-state index contributed by atoms with van der Waals surface area (Å²) in [6.07, 6.45) is 15.5. The molecule has 27 heavy (non-hydrogen) atoms. The van der Waals surface area contributed by atoms with Gasteiger partial charge in [0.15, 0.2) is 5.78 Å². The van der Waals surface area contributed by atoms with Gasteiger partial charge in [-0.25, -0.2) is 0 Å². The summed E-state index contributed by atoms with van der Waals surface area (Å²) in [6, 6.07) is 0. The van der Waals surface area contributed by atoms with Gasteiger partial charge in [-0.05, 0) is 97.9 Å². The number of rotatable bonds is 5. The van der Waals surface area contributed by atoms with Crippen molar-refractivity contribution in [2.24, 2.45) is 40.4 Å². The number of aliphatic hydroxyl groups excluding tert-OH is 1. The Labute approximate surface area is 166 Å². The third kappa shape index (κ3) is 3.15. The number of unbranched alkanes of at least 4 members (excludes halogenated alkanes) is 1. The van der Waals surface area contributed by atoms with E-state index in [0.717, 1.165) is 48.9 Å². The smallest absolute Gasteiger partial charge is 0.155 e. The summed E-state index contributed by atoms with van der Waals surface area (Å²) in [5.74, 6) is 4.64. The Balaban J connectivity index is 1.52. The summed E-state index contributed by atoms with van der Waals surface area (Å²) >= 11 is 0. The van der Waals surface area contributed by atoms with Gasteiger partial charge in [-0.3, -0.25) is 4.79 Å². The first-order valence-electron chi connectivity index (χ1n) is 11.7. The molecule has 0 aliphatic heterocycles. The van der Waals surface area contributed by atoms with Gasteiger partial charge < -0.3 is 5.11 Å². The summed E-state index contributed by atoms with van der Waals surface area (Å²) in [5, 5.41) is 9.12. The molecule has 0 aromatic rings. The highest BCUT2D eigenvalue weighted by Gasteiger charge is 2.59. The second-order valence-electron chi connectivity index (χ2n) is 10.9. The highest BCUT2D eigenvalue weighted by Crippen LogP contribution is 2.67. The molecule has 0 bridgehead atoms. The highest BCUT2D eigenvalue weighted by atomic mass is 16.2. The summed E-state index contributed by atoms with van der Waals surface area (Å²) in [4.78, 5) is 12.0. The number of carbonyl (C=O) groups is 1. The molecule has 0 amide bonds. The first-order valence-corrected chi connectivity index (χ1v) is 11.7. The van der Waals surface area contributed by atoms with Gasteiger partial charge >= 0.3 is 0 Å².